The van der Waals surface area contributed by atoms with E-state index < -0.39 is 44.0 Å². The van der Waals surface area contributed by atoms with E-state index in [-0.39, 0.29) is 46.9 Å². The second-order valence-corrected chi connectivity index (χ2v) is 14.9. The summed E-state index contributed by atoms with van der Waals surface area (Å²) in [6.45, 7) is 0.740. The van der Waals surface area contributed by atoms with Crippen LogP contribution in [0.25, 0.3) is 0 Å². The molecule has 2 amide bonds. The second kappa shape index (κ2) is 16.8. The molecule has 4 aromatic rings. The molecule has 1 fully saturated rings. The number of carbonyl (C=O) groups excluding carboxylic acids is 2. The minimum Gasteiger partial charge on any atom is -0.495 e. The van der Waals surface area contributed by atoms with Crippen LogP contribution in [0.5, 0.6) is 5.75 Å². The average Bonchev–Trinajstić information content (AvgIpc) is 3.13. The molecule has 1 aliphatic carbocycles. The molecule has 11 nitrogen and oxygen atoms in total. The van der Waals surface area contributed by atoms with Crippen molar-refractivity contribution >= 4 is 44.8 Å². The molecule has 0 spiro atoms. The van der Waals surface area contributed by atoms with Crippen LogP contribution in [-0.4, -0.2) is 55.8 Å². The Bertz CT molecular complexity index is 1960. The van der Waals surface area contributed by atoms with Gasteiger partial charge in [-0.2, -0.15) is 0 Å². The largest absolute Gasteiger partial charge is 0.495 e. The van der Waals surface area contributed by atoms with Gasteiger partial charge in [0.1, 0.15) is 18.3 Å². The number of rotatable bonds is 14. The summed E-state index contributed by atoms with van der Waals surface area (Å²) in [6.07, 6.45) is 4.92. The van der Waals surface area contributed by atoms with E-state index in [1.54, 1.807) is 0 Å². The van der Waals surface area contributed by atoms with Crippen molar-refractivity contribution in [3.63, 3.8) is 0 Å². The lowest BCUT2D eigenvalue weighted by Gasteiger charge is -2.35. The fourth-order valence-corrected chi connectivity index (χ4v) is 7.93. The maximum Gasteiger partial charge on any atom is 0.273 e. The van der Waals surface area contributed by atoms with Gasteiger partial charge in [-0.05, 0) is 55.2 Å². The van der Waals surface area contributed by atoms with E-state index >= 15 is 0 Å². The van der Waals surface area contributed by atoms with Crippen LogP contribution in [0.4, 0.5) is 11.4 Å². The third-order valence-electron chi connectivity index (χ3n) is 9.07. The number of sulfonamides is 1. The van der Waals surface area contributed by atoms with E-state index in [9.17, 15) is 28.1 Å². The molecule has 268 valence electrons. The van der Waals surface area contributed by atoms with Gasteiger partial charge in [-0.25, -0.2) is 8.42 Å². The number of aryl methyl sites for hydroxylation is 1. The van der Waals surface area contributed by atoms with Crippen LogP contribution in [-0.2, 0) is 32.6 Å². The Morgan fingerprint density at radius 2 is 1.59 bits per heavy atom. The van der Waals surface area contributed by atoms with Crippen LogP contribution in [0.15, 0.2) is 102 Å². The summed E-state index contributed by atoms with van der Waals surface area (Å²) in [5.41, 5.74) is 1.38. The predicted octanol–water partition coefficient (Wildman–Crippen LogP) is 6.85. The highest BCUT2D eigenvalue weighted by Crippen LogP contribution is 2.36. The molecule has 0 aliphatic heterocycles. The first kappa shape index (κ1) is 37.3. The van der Waals surface area contributed by atoms with Crippen molar-refractivity contribution in [1.82, 2.24) is 10.2 Å². The Morgan fingerprint density at radius 1 is 0.941 bits per heavy atom. The molecule has 0 bridgehead atoms. The number of nitro benzene ring substituents is 1. The molecule has 1 atom stereocenters. The van der Waals surface area contributed by atoms with Crippen molar-refractivity contribution in [1.29, 1.82) is 0 Å². The lowest BCUT2D eigenvalue weighted by molar-refractivity contribution is -0.385. The van der Waals surface area contributed by atoms with Gasteiger partial charge in [0.15, 0.2) is 0 Å². The van der Waals surface area contributed by atoms with Crippen LogP contribution in [0.1, 0.15) is 48.8 Å². The number of carbonyl (C=O) groups is 2. The molecule has 0 radical (unpaired) electrons. The third-order valence-corrected chi connectivity index (χ3v) is 11.1. The molecule has 51 heavy (non-hydrogen) atoms. The maximum absolute atomic E-state index is 14.8. The average molecular weight is 733 g/mol. The van der Waals surface area contributed by atoms with Gasteiger partial charge in [0, 0.05) is 35.7 Å². The second-order valence-electron chi connectivity index (χ2n) is 12.6. The number of methoxy groups -OCH3 is 1. The number of anilines is 1. The molecular weight excluding hydrogens is 692 g/mol. The Hall–Kier alpha value is -4.94. The topological polar surface area (TPSA) is 139 Å². The predicted molar refractivity (Wildman–Crippen MR) is 196 cm³/mol. The van der Waals surface area contributed by atoms with Gasteiger partial charge in [-0.15, -0.1) is 0 Å². The summed E-state index contributed by atoms with van der Waals surface area (Å²) in [5, 5.41) is 15.2. The SMILES string of the molecule is COc1ccc(Cl)cc1N(CC(=O)N(Cc1ccccc1)C(Cc1ccccc1)C(=O)NC1CCCCC1)S(=O)(=O)c1ccc(C)c([N+](=O)[O-])c1. The number of nitrogens with zero attached hydrogens (tertiary/aromatic N) is 3. The first-order valence-electron chi connectivity index (χ1n) is 16.8. The zero-order chi connectivity index (χ0) is 36.5. The zero-order valence-electron chi connectivity index (χ0n) is 28.5. The standard InChI is InChI=1S/C38H41ClN4O7S/c1-27-18-20-32(24-33(27)43(46)47)51(48,49)42(34-23-30(39)19-21-36(34)50-2)26-37(44)41(25-29-14-8-4-9-15-29)35(22-28-12-6-3-7-13-28)38(45)40-31-16-10-5-11-17-31/h3-4,6-9,12-15,18-21,23-24,31,35H,5,10-11,16-17,22,25-26H2,1-2H3,(H,40,45). The molecule has 0 saturated heterocycles. The molecule has 1 unspecified atom stereocenters. The summed E-state index contributed by atoms with van der Waals surface area (Å²) in [6, 6.07) is 25.3. The van der Waals surface area contributed by atoms with E-state index in [1.165, 1.54) is 49.3 Å². The number of benzene rings is 4. The smallest absolute Gasteiger partial charge is 0.273 e. The van der Waals surface area contributed by atoms with Gasteiger partial charge in [0.2, 0.25) is 11.8 Å². The van der Waals surface area contributed by atoms with Gasteiger partial charge >= 0.3 is 0 Å². The highest BCUT2D eigenvalue weighted by molar-refractivity contribution is 7.92. The van der Waals surface area contributed by atoms with Crippen molar-refractivity contribution in [2.24, 2.45) is 0 Å². The van der Waals surface area contributed by atoms with Gasteiger partial charge < -0.3 is 15.0 Å². The van der Waals surface area contributed by atoms with Crippen molar-refractivity contribution in [2.45, 2.75) is 69.0 Å². The van der Waals surface area contributed by atoms with Crippen LogP contribution in [0, 0.1) is 17.0 Å². The van der Waals surface area contributed by atoms with Gasteiger partial charge in [-0.3, -0.25) is 24.0 Å². The van der Waals surface area contributed by atoms with Crippen molar-refractivity contribution < 1.29 is 27.7 Å². The van der Waals surface area contributed by atoms with Crippen molar-refractivity contribution in [3.8, 4) is 5.75 Å². The normalized spacial score (nSPS) is 13.9. The first-order valence-corrected chi connectivity index (χ1v) is 18.6. The van der Waals surface area contributed by atoms with Crippen molar-refractivity contribution in [3.05, 3.63) is 129 Å². The summed E-state index contributed by atoms with van der Waals surface area (Å²) in [4.78, 5) is 41.2. The maximum atomic E-state index is 14.8. The lowest BCUT2D eigenvalue weighted by atomic mass is 9.94. The third kappa shape index (κ3) is 9.25. The van der Waals surface area contributed by atoms with Crippen molar-refractivity contribution in [2.75, 3.05) is 18.0 Å². The molecule has 0 aromatic heterocycles. The highest BCUT2D eigenvalue weighted by atomic mass is 35.5. The van der Waals surface area contributed by atoms with Crippen LogP contribution >= 0.6 is 11.6 Å². The van der Waals surface area contributed by atoms with Crippen LogP contribution < -0.4 is 14.4 Å². The van der Waals surface area contributed by atoms with Gasteiger partial charge in [0.25, 0.3) is 15.7 Å². The van der Waals surface area contributed by atoms with Crippen LogP contribution in [0.2, 0.25) is 5.02 Å². The minimum absolute atomic E-state index is 0.00579. The number of amides is 2. The zero-order valence-corrected chi connectivity index (χ0v) is 30.1. The van der Waals surface area contributed by atoms with E-state index in [4.69, 9.17) is 16.3 Å². The summed E-state index contributed by atoms with van der Waals surface area (Å²) < 4.78 is 35.4. The molecule has 1 aliphatic rings. The number of nitro groups is 1. The quantitative estimate of drug-likeness (QED) is 0.111. The van der Waals surface area contributed by atoms with E-state index in [0.29, 0.717) is 0 Å². The molecule has 4 aromatic carbocycles. The molecule has 13 heteroatoms. The van der Waals surface area contributed by atoms with E-state index in [1.807, 2.05) is 60.7 Å². The molecule has 1 saturated carbocycles. The highest BCUT2D eigenvalue weighted by Gasteiger charge is 2.37. The Kier molecular flexibility index (Phi) is 12.3. The van der Waals surface area contributed by atoms with E-state index in [0.717, 1.165) is 53.6 Å². The summed E-state index contributed by atoms with van der Waals surface area (Å²) >= 11 is 6.37. The fourth-order valence-electron chi connectivity index (χ4n) is 6.32. The lowest BCUT2D eigenvalue weighted by Crippen LogP contribution is -2.55. The Balaban J connectivity index is 1.62. The molecule has 1 N–H and O–H groups in total. The fraction of sp³-hybridized carbons (Fsp3) is 0.316. The summed E-state index contributed by atoms with van der Waals surface area (Å²) in [7, 11) is -3.31. The summed E-state index contributed by atoms with van der Waals surface area (Å²) in [5.74, 6) is -0.910. The number of hydrogen-bond acceptors (Lipinski definition) is 7. The monoisotopic (exact) mass is 732 g/mol. The first-order chi connectivity index (χ1) is 24.5. The van der Waals surface area contributed by atoms with Gasteiger partial charge in [-0.1, -0.05) is 97.6 Å². The number of hydrogen-bond donors (Lipinski definition) is 1. The Morgan fingerprint density at radius 3 is 2.22 bits per heavy atom. The number of nitrogens with one attached hydrogen (secondary N) is 1. The van der Waals surface area contributed by atoms with Gasteiger partial charge in [0.05, 0.1) is 22.6 Å². The molecule has 5 rings (SSSR count). The van der Waals surface area contributed by atoms with Crippen LogP contribution in [0.3, 0.4) is 0 Å². The van der Waals surface area contributed by atoms with E-state index in [2.05, 4.69) is 5.32 Å². The molecular formula is C38H41ClN4O7S. The molecule has 0 heterocycles. The Labute approximate surface area is 303 Å². The number of halogens is 1. The number of ether oxygens (including phenoxy) is 1. The minimum atomic E-state index is -4.66.